The lowest BCUT2D eigenvalue weighted by Gasteiger charge is -2.17. The lowest BCUT2D eigenvalue weighted by atomic mass is 10.2. The Morgan fingerprint density at radius 2 is 2.12 bits per heavy atom. The monoisotopic (exact) mass is 223 g/mol. The minimum absolute atomic E-state index is 0.340. The molecular formula is C11H21N5. The molecule has 0 spiro atoms. The Morgan fingerprint density at radius 3 is 2.75 bits per heavy atom. The number of aromatic nitrogens is 2. The maximum atomic E-state index is 5.68. The molecule has 0 aliphatic heterocycles. The van der Waals surface area contributed by atoms with Crippen LogP contribution in [0.5, 0.6) is 0 Å². The van der Waals surface area contributed by atoms with Gasteiger partial charge in [-0.1, -0.05) is 13.3 Å². The molecule has 1 rings (SSSR count). The zero-order valence-electron chi connectivity index (χ0n) is 10.1. The van der Waals surface area contributed by atoms with Crippen LogP contribution in [0.15, 0.2) is 6.07 Å². The zero-order chi connectivity index (χ0) is 12.0. The molecule has 1 aromatic heterocycles. The molecule has 90 valence electrons. The Balaban J connectivity index is 2.80. The van der Waals surface area contributed by atoms with Crippen LogP contribution in [0, 0.1) is 0 Å². The summed E-state index contributed by atoms with van der Waals surface area (Å²) >= 11 is 0. The largest absolute Gasteiger partial charge is 0.368 e. The predicted molar refractivity (Wildman–Crippen MR) is 67.4 cm³/mol. The number of nitrogens with two attached hydrogens (primary N) is 2. The standard InChI is InChI=1S/C11H21N5/c1-3-4-5-9-8-10(15-11(13)14-9)16(2)7-6-12/h8H,3-7,12H2,1-2H3,(H2,13,14,15). The molecule has 1 heterocycles. The second-order valence-corrected chi connectivity index (χ2v) is 3.89. The molecule has 0 amide bonds. The van der Waals surface area contributed by atoms with Gasteiger partial charge in [0.2, 0.25) is 5.95 Å². The van der Waals surface area contributed by atoms with Gasteiger partial charge in [-0.25, -0.2) is 4.98 Å². The fraction of sp³-hybridized carbons (Fsp3) is 0.636. The summed E-state index contributed by atoms with van der Waals surface area (Å²) in [6.45, 7) is 3.53. The van der Waals surface area contributed by atoms with E-state index in [-0.39, 0.29) is 0 Å². The molecular weight excluding hydrogens is 202 g/mol. The van der Waals surface area contributed by atoms with Crippen LogP contribution in [-0.4, -0.2) is 30.1 Å². The van der Waals surface area contributed by atoms with Crippen LogP contribution in [0.25, 0.3) is 0 Å². The maximum Gasteiger partial charge on any atom is 0.222 e. The van der Waals surface area contributed by atoms with E-state index in [1.165, 1.54) is 0 Å². The highest BCUT2D eigenvalue weighted by atomic mass is 15.2. The quantitative estimate of drug-likeness (QED) is 0.745. The van der Waals surface area contributed by atoms with Gasteiger partial charge >= 0.3 is 0 Å². The fourth-order valence-electron chi connectivity index (χ4n) is 1.49. The van der Waals surface area contributed by atoms with Crippen LogP contribution in [0.1, 0.15) is 25.5 Å². The van der Waals surface area contributed by atoms with E-state index < -0.39 is 0 Å². The first-order chi connectivity index (χ1) is 7.67. The summed E-state index contributed by atoms with van der Waals surface area (Å²) < 4.78 is 0. The highest BCUT2D eigenvalue weighted by Gasteiger charge is 2.06. The van der Waals surface area contributed by atoms with Gasteiger partial charge < -0.3 is 16.4 Å². The SMILES string of the molecule is CCCCc1cc(N(C)CCN)nc(N)n1. The molecule has 0 saturated carbocycles. The number of nitrogen functional groups attached to an aromatic ring is 1. The number of nitrogens with zero attached hydrogens (tertiary/aromatic N) is 3. The average Bonchev–Trinajstić information content (AvgIpc) is 2.26. The molecule has 0 aliphatic rings. The molecule has 5 heteroatoms. The third kappa shape index (κ3) is 3.66. The van der Waals surface area contributed by atoms with Gasteiger partial charge in [0.15, 0.2) is 0 Å². The molecule has 0 fully saturated rings. The van der Waals surface area contributed by atoms with Crippen LogP contribution in [0.2, 0.25) is 0 Å². The highest BCUT2D eigenvalue weighted by Crippen LogP contribution is 2.13. The predicted octanol–water partition coefficient (Wildman–Crippen LogP) is 0.796. The van der Waals surface area contributed by atoms with E-state index in [4.69, 9.17) is 11.5 Å². The number of hydrogen-bond acceptors (Lipinski definition) is 5. The molecule has 0 aliphatic carbocycles. The molecule has 5 nitrogen and oxygen atoms in total. The highest BCUT2D eigenvalue weighted by molar-refractivity contribution is 5.42. The number of rotatable bonds is 6. The van der Waals surface area contributed by atoms with Crippen LogP contribution in [-0.2, 0) is 6.42 Å². The van der Waals surface area contributed by atoms with Crippen molar-refractivity contribution in [2.24, 2.45) is 5.73 Å². The number of anilines is 2. The van der Waals surface area contributed by atoms with Gasteiger partial charge in [0.25, 0.3) is 0 Å². The van der Waals surface area contributed by atoms with Gasteiger partial charge in [-0.2, -0.15) is 4.98 Å². The third-order valence-electron chi connectivity index (χ3n) is 2.43. The van der Waals surface area contributed by atoms with Crippen molar-refractivity contribution in [2.75, 3.05) is 30.8 Å². The second-order valence-electron chi connectivity index (χ2n) is 3.89. The first-order valence-corrected chi connectivity index (χ1v) is 5.72. The maximum absolute atomic E-state index is 5.68. The van der Waals surface area contributed by atoms with Crippen molar-refractivity contribution < 1.29 is 0 Å². The molecule has 0 atom stereocenters. The topological polar surface area (TPSA) is 81.1 Å². The van der Waals surface area contributed by atoms with E-state index in [0.717, 1.165) is 37.3 Å². The Hall–Kier alpha value is -1.36. The number of unbranched alkanes of at least 4 members (excludes halogenated alkanes) is 1. The van der Waals surface area contributed by atoms with Crippen molar-refractivity contribution >= 4 is 11.8 Å². The summed E-state index contributed by atoms with van der Waals surface area (Å²) in [5.74, 6) is 1.19. The Bertz CT molecular complexity index is 326. The molecule has 0 radical (unpaired) electrons. The molecule has 0 unspecified atom stereocenters. The van der Waals surface area contributed by atoms with E-state index in [0.29, 0.717) is 12.5 Å². The van der Waals surface area contributed by atoms with Crippen LogP contribution in [0.3, 0.4) is 0 Å². The first kappa shape index (κ1) is 12.7. The summed E-state index contributed by atoms with van der Waals surface area (Å²) in [7, 11) is 1.96. The van der Waals surface area contributed by atoms with E-state index in [1.54, 1.807) is 0 Å². The van der Waals surface area contributed by atoms with E-state index >= 15 is 0 Å². The zero-order valence-corrected chi connectivity index (χ0v) is 10.1. The van der Waals surface area contributed by atoms with Gasteiger partial charge in [-0.15, -0.1) is 0 Å². The molecule has 0 saturated heterocycles. The Kier molecular flexibility index (Phi) is 4.98. The van der Waals surface area contributed by atoms with Crippen molar-refractivity contribution in [3.05, 3.63) is 11.8 Å². The molecule has 16 heavy (non-hydrogen) atoms. The van der Waals surface area contributed by atoms with E-state index in [9.17, 15) is 0 Å². The summed E-state index contributed by atoms with van der Waals surface area (Å²) in [5, 5.41) is 0. The summed E-state index contributed by atoms with van der Waals surface area (Å²) in [5.41, 5.74) is 12.2. The number of likely N-dealkylation sites (N-methyl/N-ethyl adjacent to an activating group) is 1. The Labute approximate surface area is 96.9 Å². The van der Waals surface area contributed by atoms with Crippen molar-refractivity contribution in [1.82, 2.24) is 9.97 Å². The minimum Gasteiger partial charge on any atom is -0.368 e. The lowest BCUT2D eigenvalue weighted by Crippen LogP contribution is -2.26. The third-order valence-corrected chi connectivity index (χ3v) is 2.43. The molecule has 0 bridgehead atoms. The smallest absolute Gasteiger partial charge is 0.222 e. The lowest BCUT2D eigenvalue weighted by molar-refractivity contribution is 0.771. The van der Waals surface area contributed by atoms with Gasteiger partial charge in [0.05, 0.1) is 0 Å². The summed E-state index contributed by atoms with van der Waals surface area (Å²) in [6, 6.07) is 1.99. The number of aryl methyl sites for hydroxylation is 1. The average molecular weight is 223 g/mol. The normalized spacial score (nSPS) is 10.4. The molecule has 1 aromatic rings. The minimum atomic E-state index is 0.340. The summed E-state index contributed by atoms with van der Waals surface area (Å²) in [4.78, 5) is 10.4. The second kappa shape index (κ2) is 6.27. The van der Waals surface area contributed by atoms with Gasteiger partial charge in [0, 0.05) is 31.9 Å². The van der Waals surface area contributed by atoms with Crippen molar-refractivity contribution in [2.45, 2.75) is 26.2 Å². The molecule has 4 N–H and O–H groups in total. The number of hydrogen-bond donors (Lipinski definition) is 2. The van der Waals surface area contributed by atoms with Crippen LogP contribution < -0.4 is 16.4 Å². The van der Waals surface area contributed by atoms with Crippen LogP contribution in [0.4, 0.5) is 11.8 Å². The fourth-order valence-corrected chi connectivity index (χ4v) is 1.49. The van der Waals surface area contributed by atoms with Crippen molar-refractivity contribution in [3.8, 4) is 0 Å². The first-order valence-electron chi connectivity index (χ1n) is 5.72. The molecule has 0 aromatic carbocycles. The van der Waals surface area contributed by atoms with Gasteiger partial charge in [-0.3, -0.25) is 0 Å². The van der Waals surface area contributed by atoms with Crippen molar-refractivity contribution in [3.63, 3.8) is 0 Å². The van der Waals surface area contributed by atoms with Gasteiger partial charge in [-0.05, 0) is 12.8 Å². The summed E-state index contributed by atoms with van der Waals surface area (Å²) in [6.07, 6.45) is 3.22. The van der Waals surface area contributed by atoms with Crippen molar-refractivity contribution in [1.29, 1.82) is 0 Å². The Morgan fingerprint density at radius 1 is 1.38 bits per heavy atom. The van der Waals surface area contributed by atoms with E-state index in [1.807, 2.05) is 18.0 Å². The van der Waals surface area contributed by atoms with Crippen LogP contribution >= 0.6 is 0 Å². The van der Waals surface area contributed by atoms with Gasteiger partial charge in [0.1, 0.15) is 5.82 Å². The van der Waals surface area contributed by atoms with E-state index in [2.05, 4.69) is 16.9 Å².